The lowest BCUT2D eigenvalue weighted by molar-refractivity contribution is -0.258. The molecule has 2 rings (SSSR count). The maximum Gasteiger partial charge on any atom is 0.418 e. The Balaban J connectivity index is 1.83. The van der Waals surface area contributed by atoms with Crippen LogP contribution in [0, 0.1) is 0 Å². The maximum absolute atomic E-state index is 12.7. The summed E-state index contributed by atoms with van der Waals surface area (Å²) in [5.41, 5.74) is -2.63. The van der Waals surface area contributed by atoms with Crippen molar-refractivity contribution in [1.82, 2.24) is 9.80 Å². The molecule has 124 valence electrons. The molecule has 0 aromatic heterocycles. The van der Waals surface area contributed by atoms with Crippen molar-refractivity contribution in [2.45, 2.75) is 50.6 Å². The third kappa shape index (κ3) is 4.09. The Hall–Kier alpha value is -0.370. The van der Waals surface area contributed by atoms with Crippen LogP contribution in [0.1, 0.15) is 26.7 Å². The van der Waals surface area contributed by atoms with Crippen LogP contribution in [0.25, 0.3) is 0 Å². The van der Waals surface area contributed by atoms with E-state index in [0.29, 0.717) is 25.2 Å². The van der Waals surface area contributed by atoms with Gasteiger partial charge in [0.1, 0.15) is 0 Å². The number of rotatable bonds is 3. The Bertz CT molecular complexity index is 342. The fourth-order valence-corrected chi connectivity index (χ4v) is 3.22. The van der Waals surface area contributed by atoms with E-state index in [1.165, 1.54) is 0 Å². The molecule has 1 N–H and O–H groups in total. The summed E-state index contributed by atoms with van der Waals surface area (Å²) in [4.78, 5) is 4.12. The van der Waals surface area contributed by atoms with E-state index in [2.05, 4.69) is 11.8 Å². The lowest BCUT2D eigenvalue weighted by atomic mass is 9.98. The first-order valence-electron chi connectivity index (χ1n) is 7.55. The lowest BCUT2D eigenvalue weighted by Crippen LogP contribution is -2.56. The van der Waals surface area contributed by atoms with Crippen molar-refractivity contribution >= 4 is 0 Å². The molecule has 4 nitrogen and oxygen atoms in total. The second-order valence-electron chi connectivity index (χ2n) is 6.44. The molecule has 2 atom stereocenters. The Kier molecular flexibility index (Phi) is 5.18. The van der Waals surface area contributed by atoms with Gasteiger partial charge >= 0.3 is 6.18 Å². The number of likely N-dealkylation sites (tertiary alicyclic amines) is 1. The van der Waals surface area contributed by atoms with Crippen molar-refractivity contribution in [3.05, 3.63) is 0 Å². The van der Waals surface area contributed by atoms with Crippen molar-refractivity contribution in [1.29, 1.82) is 0 Å². The van der Waals surface area contributed by atoms with E-state index in [-0.39, 0.29) is 6.54 Å². The lowest BCUT2D eigenvalue weighted by Gasteiger charge is -2.44. The number of alkyl halides is 3. The number of β-amino-alcohol motifs (C(OH)–C–C–N with tert-alkyl or cyclic N) is 1. The first-order valence-corrected chi connectivity index (χ1v) is 7.55. The summed E-state index contributed by atoms with van der Waals surface area (Å²) in [7, 11) is 0. The van der Waals surface area contributed by atoms with Gasteiger partial charge < -0.3 is 14.7 Å². The number of morpholine rings is 1. The third-order valence-electron chi connectivity index (χ3n) is 4.59. The molecular weight excluding hydrogens is 285 g/mol. The quantitative estimate of drug-likeness (QED) is 0.857. The molecule has 0 unspecified atom stereocenters. The molecule has 0 radical (unpaired) electrons. The predicted octanol–water partition coefficient (Wildman–Crippen LogP) is 1.48. The molecule has 0 aromatic carbocycles. The highest BCUT2D eigenvalue weighted by Crippen LogP contribution is 2.31. The van der Waals surface area contributed by atoms with Crippen LogP contribution in [0.4, 0.5) is 13.2 Å². The molecule has 0 amide bonds. The Labute approximate surface area is 123 Å². The van der Waals surface area contributed by atoms with Gasteiger partial charge in [0.2, 0.25) is 0 Å². The molecule has 0 aromatic rings. The van der Waals surface area contributed by atoms with Crippen molar-refractivity contribution in [3.8, 4) is 0 Å². The molecule has 2 fully saturated rings. The van der Waals surface area contributed by atoms with E-state index in [9.17, 15) is 18.3 Å². The van der Waals surface area contributed by atoms with E-state index < -0.39 is 11.8 Å². The van der Waals surface area contributed by atoms with Crippen LogP contribution in [0.3, 0.4) is 0 Å². The van der Waals surface area contributed by atoms with Crippen LogP contribution in [-0.4, -0.2) is 78.2 Å². The van der Waals surface area contributed by atoms with E-state index in [1.54, 1.807) is 4.90 Å². The van der Waals surface area contributed by atoms with Gasteiger partial charge in [0.15, 0.2) is 5.60 Å². The van der Waals surface area contributed by atoms with Crippen molar-refractivity contribution < 1.29 is 23.0 Å². The number of aliphatic hydroxyl groups is 1. The predicted molar refractivity (Wildman–Crippen MR) is 73.1 cm³/mol. The topological polar surface area (TPSA) is 35.9 Å². The summed E-state index contributed by atoms with van der Waals surface area (Å²) in [5.74, 6) is 0. The van der Waals surface area contributed by atoms with Gasteiger partial charge in [-0.1, -0.05) is 0 Å². The molecule has 2 aliphatic heterocycles. The molecule has 2 saturated heterocycles. The van der Waals surface area contributed by atoms with Gasteiger partial charge in [-0.05, 0) is 39.8 Å². The largest absolute Gasteiger partial charge is 0.418 e. The van der Waals surface area contributed by atoms with Crippen LogP contribution < -0.4 is 0 Å². The molecule has 2 aliphatic rings. The van der Waals surface area contributed by atoms with E-state index in [0.717, 1.165) is 39.5 Å². The Morgan fingerprint density at radius 1 is 1.19 bits per heavy atom. The first-order chi connectivity index (χ1) is 9.71. The fourth-order valence-electron chi connectivity index (χ4n) is 3.22. The van der Waals surface area contributed by atoms with Gasteiger partial charge in [0.25, 0.3) is 0 Å². The number of hydrogen-bond donors (Lipinski definition) is 1. The van der Waals surface area contributed by atoms with Gasteiger partial charge in [0.05, 0.1) is 13.2 Å². The highest BCUT2D eigenvalue weighted by Gasteiger charge is 2.50. The van der Waals surface area contributed by atoms with Crippen molar-refractivity contribution in [2.75, 3.05) is 39.4 Å². The average Bonchev–Trinajstić information content (AvgIpc) is 2.39. The van der Waals surface area contributed by atoms with E-state index >= 15 is 0 Å². The molecule has 7 heteroatoms. The smallest absolute Gasteiger partial charge is 0.380 e. The van der Waals surface area contributed by atoms with Gasteiger partial charge in [-0.3, -0.25) is 4.90 Å². The van der Waals surface area contributed by atoms with Gasteiger partial charge in [-0.2, -0.15) is 13.2 Å². The standard InChI is InChI=1S/C14H25F3N2O2/c1-11-9-21-8-7-19(11)12-3-5-18(6-4-12)10-13(2,20)14(15,16)17/h11-12,20H,3-10H2,1-2H3/t11-,13+/m1/s1. The molecular formula is C14H25F3N2O2. The summed E-state index contributed by atoms with van der Waals surface area (Å²) >= 11 is 0. The second-order valence-corrected chi connectivity index (χ2v) is 6.44. The van der Waals surface area contributed by atoms with Crippen LogP contribution >= 0.6 is 0 Å². The zero-order valence-electron chi connectivity index (χ0n) is 12.7. The minimum atomic E-state index is -4.58. The molecule has 0 spiro atoms. The zero-order chi connectivity index (χ0) is 15.7. The minimum Gasteiger partial charge on any atom is -0.380 e. The minimum absolute atomic E-state index is 0.345. The summed E-state index contributed by atoms with van der Waals surface area (Å²) in [6.45, 7) is 6.18. The first kappa shape index (κ1) is 17.0. The number of hydrogen-bond acceptors (Lipinski definition) is 4. The molecule has 0 aliphatic carbocycles. The molecule has 21 heavy (non-hydrogen) atoms. The number of nitrogens with zero attached hydrogens (tertiary/aromatic N) is 2. The van der Waals surface area contributed by atoms with Gasteiger partial charge in [-0.25, -0.2) is 0 Å². The highest BCUT2D eigenvalue weighted by atomic mass is 19.4. The number of piperidine rings is 1. The highest BCUT2D eigenvalue weighted by molar-refractivity contribution is 4.89. The normalized spacial score (nSPS) is 30.3. The number of halogens is 3. The van der Waals surface area contributed by atoms with Gasteiger partial charge in [-0.15, -0.1) is 0 Å². The molecule has 0 bridgehead atoms. The summed E-state index contributed by atoms with van der Waals surface area (Å²) in [6, 6.07) is 0.782. The van der Waals surface area contributed by atoms with E-state index in [1.807, 2.05) is 0 Å². The Morgan fingerprint density at radius 2 is 1.81 bits per heavy atom. The second kappa shape index (κ2) is 6.40. The molecule has 2 heterocycles. The Morgan fingerprint density at radius 3 is 2.33 bits per heavy atom. The van der Waals surface area contributed by atoms with Crippen molar-refractivity contribution in [3.63, 3.8) is 0 Å². The van der Waals surface area contributed by atoms with Gasteiger partial charge in [0, 0.05) is 25.2 Å². The van der Waals surface area contributed by atoms with Crippen LogP contribution in [0.2, 0.25) is 0 Å². The molecule has 0 saturated carbocycles. The van der Waals surface area contributed by atoms with Crippen LogP contribution in [-0.2, 0) is 4.74 Å². The average molecular weight is 310 g/mol. The van der Waals surface area contributed by atoms with Crippen LogP contribution in [0.5, 0.6) is 0 Å². The maximum atomic E-state index is 12.7. The summed E-state index contributed by atoms with van der Waals surface area (Å²) < 4.78 is 43.5. The van der Waals surface area contributed by atoms with Crippen LogP contribution in [0.15, 0.2) is 0 Å². The monoisotopic (exact) mass is 310 g/mol. The van der Waals surface area contributed by atoms with Crippen molar-refractivity contribution in [2.24, 2.45) is 0 Å². The summed E-state index contributed by atoms with van der Waals surface area (Å²) in [6.07, 6.45) is -2.89. The SMILES string of the molecule is C[C@@H]1COCCN1C1CCN(C[C@](C)(O)C(F)(F)F)CC1. The zero-order valence-corrected chi connectivity index (χ0v) is 12.7. The van der Waals surface area contributed by atoms with E-state index in [4.69, 9.17) is 4.74 Å². The number of ether oxygens (including phenoxy) is 1. The third-order valence-corrected chi connectivity index (χ3v) is 4.59. The fraction of sp³-hybridized carbons (Fsp3) is 1.00. The summed E-state index contributed by atoms with van der Waals surface area (Å²) in [5, 5.41) is 9.57.